The van der Waals surface area contributed by atoms with Gasteiger partial charge in [-0.15, -0.1) is 0 Å². The molecule has 0 aliphatic carbocycles. The fourth-order valence-corrected chi connectivity index (χ4v) is 1.57. The Hall–Kier alpha value is -2.61. The Morgan fingerprint density at radius 3 is 2.95 bits per heavy atom. The fraction of sp³-hybridized carbons (Fsp3) is 0.214. The van der Waals surface area contributed by atoms with Crippen molar-refractivity contribution in [3.8, 4) is 23.2 Å². The Balaban J connectivity index is 2.31. The van der Waals surface area contributed by atoms with Gasteiger partial charge in [0.25, 0.3) is 0 Å². The highest BCUT2D eigenvalue weighted by molar-refractivity contribution is 5.60. The lowest BCUT2D eigenvalue weighted by atomic mass is 10.2. The lowest BCUT2D eigenvalue weighted by Gasteiger charge is -2.06. The Kier molecular flexibility index (Phi) is 3.94. The number of nitrogen functional groups attached to an aromatic ring is 1. The van der Waals surface area contributed by atoms with Crippen LogP contribution in [0.4, 0.5) is 5.82 Å². The minimum Gasteiger partial charge on any atom is -0.494 e. The van der Waals surface area contributed by atoms with Crippen LogP contribution in [0.15, 0.2) is 30.5 Å². The molecule has 0 atom stereocenters. The number of benzene rings is 1. The summed E-state index contributed by atoms with van der Waals surface area (Å²) in [6.07, 6.45) is 2.38. The van der Waals surface area contributed by atoms with Crippen molar-refractivity contribution in [1.29, 1.82) is 5.26 Å². The van der Waals surface area contributed by atoms with E-state index in [1.807, 2.05) is 37.3 Å². The molecule has 1 aromatic carbocycles. The molecule has 0 fully saturated rings. The second-order valence-electron chi connectivity index (χ2n) is 3.98. The van der Waals surface area contributed by atoms with Crippen molar-refractivity contribution in [2.24, 2.45) is 0 Å². The lowest BCUT2D eigenvalue weighted by Crippen LogP contribution is -1.99. The first-order chi connectivity index (χ1) is 9.24. The maximum Gasteiger partial charge on any atom is 0.161 e. The van der Waals surface area contributed by atoms with Gasteiger partial charge in [0.15, 0.2) is 5.82 Å². The molecular weight excluding hydrogens is 240 g/mol. The van der Waals surface area contributed by atoms with E-state index in [1.165, 1.54) is 6.20 Å². The van der Waals surface area contributed by atoms with Crippen LogP contribution in [0.5, 0.6) is 5.75 Å². The van der Waals surface area contributed by atoms with E-state index in [1.54, 1.807) is 0 Å². The third-order valence-corrected chi connectivity index (χ3v) is 2.50. The Bertz CT molecular complexity index is 619. The predicted molar refractivity (Wildman–Crippen MR) is 72.4 cm³/mol. The van der Waals surface area contributed by atoms with Crippen molar-refractivity contribution < 1.29 is 4.74 Å². The third kappa shape index (κ3) is 2.99. The maximum absolute atomic E-state index is 8.79. The van der Waals surface area contributed by atoms with Crippen LogP contribution in [0.2, 0.25) is 0 Å². The van der Waals surface area contributed by atoms with Crippen LogP contribution in [0.1, 0.15) is 18.9 Å². The highest BCUT2D eigenvalue weighted by Gasteiger charge is 2.06. The van der Waals surface area contributed by atoms with Crippen molar-refractivity contribution in [3.05, 3.63) is 36.0 Å². The molecule has 0 bridgehead atoms. The SMILES string of the molecule is CCCOc1cccc(-c2ncc(C#N)c(N)n2)c1. The molecule has 5 nitrogen and oxygen atoms in total. The normalized spacial score (nSPS) is 9.89. The number of nitrogens with two attached hydrogens (primary N) is 1. The van der Waals surface area contributed by atoms with Crippen molar-refractivity contribution >= 4 is 5.82 Å². The molecule has 19 heavy (non-hydrogen) atoms. The standard InChI is InChI=1S/C14H14N4O/c1-2-6-19-12-5-3-4-10(7-12)14-17-9-11(8-15)13(16)18-14/h3-5,7,9H,2,6H2,1H3,(H2,16,17,18). The zero-order chi connectivity index (χ0) is 13.7. The van der Waals surface area contributed by atoms with Gasteiger partial charge in [-0.1, -0.05) is 19.1 Å². The number of hydrogen-bond acceptors (Lipinski definition) is 5. The van der Waals surface area contributed by atoms with E-state index in [9.17, 15) is 0 Å². The van der Waals surface area contributed by atoms with Crippen molar-refractivity contribution in [3.63, 3.8) is 0 Å². The summed E-state index contributed by atoms with van der Waals surface area (Å²) in [7, 11) is 0. The van der Waals surface area contributed by atoms with Crippen molar-refractivity contribution in [2.45, 2.75) is 13.3 Å². The van der Waals surface area contributed by atoms with Gasteiger partial charge in [0.2, 0.25) is 0 Å². The van der Waals surface area contributed by atoms with E-state index in [0.29, 0.717) is 12.4 Å². The van der Waals surface area contributed by atoms with E-state index in [2.05, 4.69) is 9.97 Å². The molecule has 96 valence electrons. The van der Waals surface area contributed by atoms with Crippen molar-refractivity contribution in [2.75, 3.05) is 12.3 Å². The molecule has 0 amide bonds. The largest absolute Gasteiger partial charge is 0.494 e. The predicted octanol–water partition coefficient (Wildman–Crippen LogP) is 2.39. The van der Waals surface area contributed by atoms with Crippen LogP contribution >= 0.6 is 0 Å². The molecule has 2 N–H and O–H groups in total. The first-order valence-electron chi connectivity index (χ1n) is 6.00. The zero-order valence-electron chi connectivity index (χ0n) is 10.6. The molecule has 1 heterocycles. The molecule has 2 rings (SSSR count). The van der Waals surface area contributed by atoms with Gasteiger partial charge >= 0.3 is 0 Å². The van der Waals surface area contributed by atoms with Crippen LogP contribution < -0.4 is 10.5 Å². The molecule has 1 aromatic heterocycles. The summed E-state index contributed by atoms with van der Waals surface area (Å²) in [6, 6.07) is 9.42. The van der Waals surface area contributed by atoms with E-state index >= 15 is 0 Å². The van der Waals surface area contributed by atoms with Gasteiger partial charge in [0.1, 0.15) is 23.2 Å². The van der Waals surface area contributed by atoms with E-state index in [0.717, 1.165) is 17.7 Å². The number of ether oxygens (including phenoxy) is 1. The van der Waals surface area contributed by atoms with Crippen LogP contribution in [-0.4, -0.2) is 16.6 Å². The third-order valence-electron chi connectivity index (χ3n) is 2.50. The smallest absolute Gasteiger partial charge is 0.161 e. The number of nitrogens with zero attached hydrogens (tertiary/aromatic N) is 3. The molecule has 0 saturated carbocycles. The summed E-state index contributed by atoms with van der Waals surface area (Å²) in [5, 5.41) is 8.79. The molecule has 5 heteroatoms. The van der Waals surface area contributed by atoms with Gasteiger partial charge in [-0.05, 0) is 18.6 Å². The van der Waals surface area contributed by atoms with Gasteiger partial charge in [-0.3, -0.25) is 0 Å². The summed E-state index contributed by atoms with van der Waals surface area (Å²) in [5.74, 6) is 1.44. The Labute approximate surface area is 111 Å². The number of aromatic nitrogens is 2. The summed E-state index contributed by atoms with van der Waals surface area (Å²) < 4.78 is 5.55. The first-order valence-corrected chi connectivity index (χ1v) is 6.00. The summed E-state index contributed by atoms with van der Waals surface area (Å²) in [4.78, 5) is 8.26. The fourth-order valence-electron chi connectivity index (χ4n) is 1.57. The Morgan fingerprint density at radius 2 is 2.26 bits per heavy atom. The molecule has 0 aliphatic rings. The zero-order valence-corrected chi connectivity index (χ0v) is 10.6. The lowest BCUT2D eigenvalue weighted by molar-refractivity contribution is 0.317. The number of hydrogen-bond donors (Lipinski definition) is 1. The van der Waals surface area contributed by atoms with E-state index in [4.69, 9.17) is 15.7 Å². The summed E-state index contributed by atoms with van der Waals surface area (Å²) in [5.41, 5.74) is 6.77. The molecule has 0 spiro atoms. The van der Waals surface area contributed by atoms with Crippen LogP contribution in [0, 0.1) is 11.3 Å². The summed E-state index contributed by atoms with van der Waals surface area (Å²) in [6.45, 7) is 2.72. The van der Waals surface area contributed by atoms with Gasteiger partial charge in [0, 0.05) is 5.56 Å². The van der Waals surface area contributed by atoms with Crippen LogP contribution in [0.25, 0.3) is 11.4 Å². The Morgan fingerprint density at radius 1 is 1.42 bits per heavy atom. The molecule has 2 aromatic rings. The minimum absolute atomic E-state index is 0.187. The summed E-state index contributed by atoms with van der Waals surface area (Å²) >= 11 is 0. The minimum atomic E-state index is 0.187. The number of nitriles is 1. The first kappa shape index (κ1) is 12.8. The van der Waals surface area contributed by atoms with Crippen LogP contribution in [-0.2, 0) is 0 Å². The molecule has 0 aliphatic heterocycles. The van der Waals surface area contributed by atoms with E-state index < -0.39 is 0 Å². The second kappa shape index (κ2) is 5.83. The maximum atomic E-state index is 8.79. The topological polar surface area (TPSA) is 84.8 Å². The van der Waals surface area contributed by atoms with Crippen molar-refractivity contribution in [1.82, 2.24) is 9.97 Å². The highest BCUT2D eigenvalue weighted by atomic mass is 16.5. The average Bonchev–Trinajstić information content (AvgIpc) is 2.45. The quantitative estimate of drug-likeness (QED) is 0.905. The second-order valence-corrected chi connectivity index (χ2v) is 3.98. The number of anilines is 1. The highest BCUT2D eigenvalue weighted by Crippen LogP contribution is 2.22. The average molecular weight is 254 g/mol. The molecular formula is C14H14N4O. The van der Waals surface area contributed by atoms with Crippen LogP contribution in [0.3, 0.4) is 0 Å². The van der Waals surface area contributed by atoms with Gasteiger partial charge in [0.05, 0.1) is 12.8 Å². The monoisotopic (exact) mass is 254 g/mol. The molecule has 0 unspecified atom stereocenters. The van der Waals surface area contributed by atoms with Gasteiger partial charge in [-0.25, -0.2) is 9.97 Å². The molecule has 0 saturated heterocycles. The van der Waals surface area contributed by atoms with Gasteiger partial charge in [-0.2, -0.15) is 5.26 Å². The molecule has 0 radical (unpaired) electrons. The van der Waals surface area contributed by atoms with Gasteiger partial charge < -0.3 is 10.5 Å². The number of rotatable bonds is 4. The van der Waals surface area contributed by atoms with E-state index in [-0.39, 0.29) is 11.4 Å².